The summed E-state index contributed by atoms with van der Waals surface area (Å²) in [6, 6.07) is 17.7. The number of aryl methyl sites for hydroxylation is 1. The first-order valence-corrected chi connectivity index (χ1v) is 6.28. The third-order valence-corrected chi connectivity index (χ3v) is 3.42. The molecule has 2 aromatic carbocycles. The summed E-state index contributed by atoms with van der Waals surface area (Å²) in [4.78, 5) is 12.4. The van der Waals surface area contributed by atoms with Crippen molar-refractivity contribution in [3.63, 3.8) is 0 Å². The van der Waals surface area contributed by atoms with Crippen molar-refractivity contribution >= 4 is 11.5 Å². The van der Waals surface area contributed by atoms with Gasteiger partial charge < -0.3 is 5.32 Å². The average molecular weight is 237 g/mol. The fourth-order valence-corrected chi connectivity index (χ4v) is 2.47. The van der Waals surface area contributed by atoms with Crippen LogP contribution in [-0.2, 0) is 6.42 Å². The Labute approximate surface area is 107 Å². The molecule has 0 saturated carbocycles. The Bertz CT molecular complexity index is 562. The lowest BCUT2D eigenvalue weighted by atomic mass is 9.87. The molecule has 0 amide bonds. The normalized spacial score (nSPS) is 18.2. The smallest absolute Gasteiger partial charge is 0.185 e. The van der Waals surface area contributed by atoms with Crippen molar-refractivity contribution < 1.29 is 4.79 Å². The number of hydrogen-bond acceptors (Lipinski definition) is 2. The van der Waals surface area contributed by atoms with Crippen LogP contribution in [0.3, 0.4) is 0 Å². The largest absolute Gasteiger partial charge is 0.375 e. The van der Waals surface area contributed by atoms with Gasteiger partial charge in [0.1, 0.15) is 0 Å². The fraction of sp³-hybridized carbons (Fsp3) is 0.188. The molecule has 0 aromatic heterocycles. The molecular formula is C16H15NO. The van der Waals surface area contributed by atoms with Gasteiger partial charge in [-0.15, -0.1) is 0 Å². The van der Waals surface area contributed by atoms with Crippen molar-refractivity contribution in [2.45, 2.75) is 18.9 Å². The SMILES string of the molecule is O=C1c2ccccc2CC[C@H]1Nc1ccccc1. The molecule has 0 fully saturated rings. The highest BCUT2D eigenvalue weighted by Crippen LogP contribution is 2.23. The van der Waals surface area contributed by atoms with Crippen LogP contribution in [0.4, 0.5) is 5.69 Å². The molecule has 18 heavy (non-hydrogen) atoms. The molecule has 0 bridgehead atoms. The molecule has 1 aliphatic rings. The first kappa shape index (κ1) is 11.0. The van der Waals surface area contributed by atoms with Crippen molar-refractivity contribution in [3.05, 3.63) is 65.7 Å². The highest BCUT2D eigenvalue weighted by molar-refractivity contribution is 6.03. The van der Waals surface area contributed by atoms with Crippen LogP contribution in [0.1, 0.15) is 22.3 Å². The minimum absolute atomic E-state index is 0.0951. The fourth-order valence-electron chi connectivity index (χ4n) is 2.47. The molecular weight excluding hydrogens is 222 g/mol. The molecule has 2 nitrogen and oxygen atoms in total. The third kappa shape index (κ3) is 2.02. The van der Waals surface area contributed by atoms with E-state index in [4.69, 9.17) is 0 Å². The predicted molar refractivity (Wildman–Crippen MR) is 72.9 cm³/mol. The molecule has 1 atom stereocenters. The molecule has 1 N–H and O–H groups in total. The van der Waals surface area contributed by atoms with E-state index in [0.717, 1.165) is 24.1 Å². The van der Waals surface area contributed by atoms with Crippen molar-refractivity contribution in [3.8, 4) is 0 Å². The molecule has 0 radical (unpaired) electrons. The lowest BCUT2D eigenvalue weighted by molar-refractivity contribution is 0.0957. The van der Waals surface area contributed by atoms with Crippen LogP contribution < -0.4 is 5.32 Å². The number of rotatable bonds is 2. The van der Waals surface area contributed by atoms with E-state index in [1.165, 1.54) is 5.56 Å². The number of fused-ring (bicyclic) bond motifs is 1. The van der Waals surface area contributed by atoms with Crippen molar-refractivity contribution in [2.24, 2.45) is 0 Å². The van der Waals surface area contributed by atoms with Crippen LogP contribution in [-0.4, -0.2) is 11.8 Å². The lowest BCUT2D eigenvalue weighted by Crippen LogP contribution is -2.34. The number of ketones is 1. The minimum atomic E-state index is -0.0951. The van der Waals surface area contributed by atoms with Gasteiger partial charge in [0.05, 0.1) is 6.04 Å². The molecule has 0 spiro atoms. The van der Waals surface area contributed by atoms with Gasteiger partial charge in [0.15, 0.2) is 5.78 Å². The first-order valence-electron chi connectivity index (χ1n) is 6.28. The van der Waals surface area contributed by atoms with Crippen LogP contribution in [0.25, 0.3) is 0 Å². The molecule has 1 aliphatic carbocycles. The lowest BCUT2D eigenvalue weighted by Gasteiger charge is -2.24. The number of benzene rings is 2. The Hall–Kier alpha value is -2.09. The highest BCUT2D eigenvalue weighted by atomic mass is 16.1. The standard InChI is InChI=1S/C16H15NO/c18-16-14-9-5-4-6-12(14)10-11-15(16)17-13-7-2-1-3-8-13/h1-9,15,17H,10-11H2/t15-/m1/s1. The molecule has 2 aromatic rings. The molecule has 0 unspecified atom stereocenters. The molecule has 2 heteroatoms. The number of anilines is 1. The highest BCUT2D eigenvalue weighted by Gasteiger charge is 2.26. The number of para-hydroxylation sites is 1. The Kier molecular flexibility index (Phi) is 2.85. The third-order valence-electron chi connectivity index (χ3n) is 3.42. The van der Waals surface area contributed by atoms with E-state index in [0.29, 0.717) is 0 Å². The summed E-state index contributed by atoms with van der Waals surface area (Å²) in [5, 5.41) is 3.32. The van der Waals surface area contributed by atoms with Crippen molar-refractivity contribution in [2.75, 3.05) is 5.32 Å². The van der Waals surface area contributed by atoms with Crippen molar-refractivity contribution in [1.82, 2.24) is 0 Å². The number of carbonyl (C=O) groups excluding carboxylic acids is 1. The average Bonchev–Trinajstić information content (AvgIpc) is 2.43. The monoisotopic (exact) mass is 237 g/mol. The molecule has 0 heterocycles. The van der Waals surface area contributed by atoms with E-state index in [1.54, 1.807) is 0 Å². The Morgan fingerprint density at radius 1 is 0.944 bits per heavy atom. The van der Waals surface area contributed by atoms with Gasteiger partial charge in [-0.1, -0.05) is 42.5 Å². The number of hydrogen-bond donors (Lipinski definition) is 1. The van der Waals surface area contributed by atoms with Gasteiger partial charge in [0.25, 0.3) is 0 Å². The zero-order valence-electron chi connectivity index (χ0n) is 10.1. The van der Waals surface area contributed by atoms with E-state index < -0.39 is 0 Å². The molecule has 0 saturated heterocycles. The summed E-state index contributed by atoms with van der Waals surface area (Å²) in [5.74, 6) is 0.209. The van der Waals surface area contributed by atoms with Crippen LogP contribution in [0.5, 0.6) is 0 Å². The van der Waals surface area contributed by atoms with Crippen LogP contribution >= 0.6 is 0 Å². The summed E-state index contributed by atoms with van der Waals surface area (Å²) in [5.41, 5.74) is 3.06. The van der Waals surface area contributed by atoms with E-state index in [1.807, 2.05) is 54.6 Å². The van der Waals surface area contributed by atoms with Gasteiger partial charge in [0.2, 0.25) is 0 Å². The molecule has 3 rings (SSSR count). The summed E-state index contributed by atoms with van der Waals surface area (Å²) < 4.78 is 0. The van der Waals surface area contributed by atoms with Crippen molar-refractivity contribution in [1.29, 1.82) is 0 Å². The topological polar surface area (TPSA) is 29.1 Å². The molecule has 90 valence electrons. The quantitative estimate of drug-likeness (QED) is 0.868. The van der Waals surface area contributed by atoms with Crippen LogP contribution in [0, 0.1) is 0 Å². The maximum atomic E-state index is 12.4. The Balaban J connectivity index is 1.83. The molecule has 0 aliphatic heterocycles. The zero-order chi connectivity index (χ0) is 12.4. The second-order valence-corrected chi connectivity index (χ2v) is 4.62. The van der Waals surface area contributed by atoms with Gasteiger partial charge in [-0.2, -0.15) is 0 Å². The number of Topliss-reactive ketones (excluding diaryl/α,β-unsaturated/α-hetero) is 1. The number of carbonyl (C=O) groups is 1. The minimum Gasteiger partial charge on any atom is -0.375 e. The Morgan fingerprint density at radius 2 is 1.67 bits per heavy atom. The Morgan fingerprint density at radius 3 is 2.50 bits per heavy atom. The van der Waals surface area contributed by atoms with Crippen LogP contribution in [0.2, 0.25) is 0 Å². The zero-order valence-corrected chi connectivity index (χ0v) is 10.1. The van der Waals surface area contributed by atoms with Gasteiger partial charge in [-0.3, -0.25) is 4.79 Å². The van der Waals surface area contributed by atoms with Gasteiger partial charge in [0, 0.05) is 11.3 Å². The summed E-state index contributed by atoms with van der Waals surface area (Å²) in [7, 11) is 0. The van der Waals surface area contributed by atoms with Gasteiger partial charge in [-0.25, -0.2) is 0 Å². The van der Waals surface area contributed by atoms with Crippen LogP contribution in [0.15, 0.2) is 54.6 Å². The van der Waals surface area contributed by atoms with E-state index in [-0.39, 0.29) is 11.8 Å². The predicted octanol–water partition coefficient (Wildman–Crippen LogP) is 3.30. The maximum Gasteiger partial charge on any atom is 0.185 e. The first-order chi connectivity index (χ1) is 8.84. The second kappa shape index (κ2) is 4.65. The van der Waals surface area contributed by atoms with E-state index in [9.17, 15) is 4.79 Å². The van der Waals surface area contributed by atoms with Gasteiger partial charge in [-0.05, 0) is 30.5 Å². The summed E-state index contributed by atoms with van der Waals surface area (Å²) >= 11 is 0. The maximum absolute atomic E-state index is 12.4. The van der Waals surface area contributed by atoms with E-state index in [2.05, 4.69) is 5.32 Å². The number of nitrogens with one attached hydrogen (secondary N) is 1. The van der Waals surface area contributed by atoms with Gasteiger partial charge >= 0.3 is 0 Å². The van der Waals surface area contributed by atoms with E-state index >= 15 is 0 Å². The second-order valence-electron chi connectivity index (χ2n) is 4.62. The summed E-state index contributed by atoms with van der Waals surface area (Å²) in [6.45, 7) is 0. The summed E-state index contributed by atoms with van der Waals surface area (Å²) in [6.07, 6.45) is 1.83.